The van der Waals surface area contributed by atoms with E-state index in [4.69, 9.17) is 0 Å². The van der Waals surface area contributed by atoms with Crippen LogP contribution in [0.3, 0.4) is 0 Å². The molecule has 1 N–H and O–H groups in total. The van der Waals surface area contributed by atoms with Crippen molar-refractivity contribution in [1.29, 1.82) is 0 Å². The number of fused-ring (bicyclic) bond motifs is 1. The van der Waals surface area contributed by atoms with Gasteiger partial charge in [0, 0.05) is 19.0 Å². The summed E-state index contributed by atoms with van der Waals surface area (Å²) in [7, 11) is 0. The summed E-state index contributed by atoms with van der Waals surface area (Å²) in [4.78, 5) is 19.8. The summed E-state index contributed by atoms with van der Waals surface area (Å²) in [5.74, 6) is 6.58. The van der Waals surface area contributed by atoms with Gasteiger partial charge in [0.1, 0.15) is 22.5 Å². The lowest BCUT2D eigenvalue weighted by molar-refractivity contribution is -0.385. The second-order valence-corrected chi connectivity index (χ2v) is 5.51. The Morgan fingerprint density at radius 2 is 2.13 bits per heavy atom. The van der Waals surface area contributed by atoms with Crippen LogP contribution in [0.25, 0.3) is 10.2 Å². The molecule has 0 saturated carbocycles. The van der Waals surface area contributed by atoms with Crippen molar-refractivity contribution in [3.8, 4) is 11.8 Å². The van der Waals surface area contributed by atoms with Gasteiger partial charge >= 0.3 is 0 Å². The molecule has 3 rings (SSSR count). The van der Waals surface area contributed by atoms with Crippen LogP contribution in [-0.2, 0) is 0 Å². The molecule has 1 aromatic carbocycles. The Morgan fingerprint density at radius 3 is 3.00 bits per heavy atom. The number of aromatic nitrogens is 2. The van der Waals surface area contributed by atoms with E-state index in [1.54, 1.807) is 29.5 Å². The van der Waals surface area contributed by atoms with Crippen molar-refractivity contribution in [2.45, 2.75) is 6.42 Å². The lowest BCUT2D eigenvalue weighted by atomic mass is 10.2. The third kappa shape index (κ3) is 3.44. The van der Waals surface area contributed by atoms with E-state index in [9.17, 15) is 10.1 Å². The maximum atomic E-state index is 10.9. The quantitative estimate of drug-likeness (QED) is 0.344. The summed E-state index contributed by atoms with van der Waals surface area (Å²) < 4.78 is 0. The minimum absolute atomic E-state index is 0.0312. The second-order valence-electron chi connectivity index (χ2n) is 4.61. The van der Waals surface area contributed by atoms with E-state index in [1.165, 1.54) is 12.4 Å². The summed E-state index contributed by atoms with van der Waals surface area (Å²) in [6.45, 7) is 0.607. The van der Waals surface area contributed by atoms with E-state index >= 15 is 0 Å². The van der Waals surface area contributed by atoms with Crippen molar-refractivity contribution >= 4 is 33.1 Å². The van der Waals surface area contributed by atoms with E-state index in [0.717, 1.165) is 16.0 Å². The molecule has 2 heterocycles. The molecule has 3 aromatic rings. The second kappa shape index (κ2) is 6.85. The van der Waals surface area contributed by atoms with Crippen LogP contribution in [0.1, 0.15) is 12.0 Å². The van der Waals surface area contributed by atoms with Crippen LogP contribution in [0, 0.1) is 22.0 Å². The number of thiophene rings is 1. The lowest BCUT2D eigenvalue weighted by Crippen LogP contribution is -2.02. The van der Waals surface area contributed by atoms with Crippen LogP contribution in [0.5, 0.6) is 0 Å². The molecule has 0 amide bonds. The molecule has 6 nitrogen and oxygen atoms in total. The molecule has 0 unspecified atom stereocenters. The Balaban J connectivity index is 1.63. The van der Waals surface area contributed by atoms with Crippen LogP contribution in [0.4, 0.5) is 11.5 Å². The third-order valence-corrected chi connectivity index (χ3v) is 3.95. The van der Waals surface area contributed by atoms with Crippen LogP contribution in [-0.4, -0.2) is 21.4 Å². The minimum atomic E-state index is -0.420. The normalized spacial score (nSPS) is 10.1. The predicted molar refractivity (Wildman–Crippen MR) is 90.5 cm³/mol. The Kier molecular flexibility index (Phi) is 4.45. The maximum Gasteiger partial charge on any atom is 0.284 e. The molecule has 0 atom stereocenters. The first-order valence-corrected chi connectivity index (χ1v) is 7.78. The van der Waals surface area contributed by atoms with Gasteiger partial charge in [0.05, 0.1) is 10.3 Å². The van der Waals surface area contributed by atoms with Gasteiger partial charge < -0.3 is 5.32 Å². The molecule has 0 aliphatic rings. The average molecular weight is 324 g/mol. The van der Waals surface area contributed by atoms with Crippen molar-refractivity contribution in [3.63, 3.8) is 0 Å². The maximum absolute atomic E-state index is 10.9. The van der Waals surface area contributed by atoms with Crippen LogP contribution in [0.2, 0.25) is 0 Å². The molecular formula is C16H12N4O2S. The molecule has 0 aliphatic heterocycles. The zero-order valence-electron chi connectivity index (χ0n) is 12.0. The molecule has 0 spiro atoms. The molecule has 0 saturated heterocycles. The Hall–Kier alpha value is -2.98. The van der Waals surface area contributed by atoms with Crippen LogP contribution in [0.15, 0.2) is 42.0 Å². The fourth-order valence-electron chi connectivity index (χ4n) is 2.07. The molecule has 0 bridgehead atoms. The highest BCUT2D eigenvalue weighted by Crippen LogP contribution is 2.23. The molecule has 0 aliphatic carbocycles. The van der Waals surface area contributed by atoms with Crippen LogP contribution < -0.4 is 5.32 Å². The highest BCUT2D eigenvalue weighted by Gasteiger charge is 2.09. The van der Waals surface area contributed by atoms with E-state index in [-0.39, 0.29) is 5.69 Å². The van der Waals surface area contributed by atoms with Gasteiger partial charge in [-0.25, -0.2) is 9.97 Å². The molecule has 0 fully saturated rings. The van der Waals surface area contributed by atoms with Gasteiger partial charge in [0.15, 0.2) is 0 Å². The Bertz CT molecular complexity index is 911. The largest absolute Gasteiger partial charge is 0.368 e. The first-order valence-electron chi connectivity index (χ1n) is 6.90. The number of benzene rings is 1. The number of para-hydroxylation sites is 1. The van der Waals surface area contributed by atoms with Gasteiger partial charge in [-0.3, -0.25) is 10.1 Å². The summed E-state index contributed by atoms with van der Waals surface area (Å²) in [5.41, 5.74) is 0.462. The van der Waals surface area contributed by atoms with Gasteiger partial charge in [-0.2, -0.15) is 0 Å². The number of hydrogen-bond donors (Lipinski definition) is 1. The summed E-state index contributed by atoms with van der Waals surface area (Å²) in [5, 5.41) is 17.1. The van der Waals surface area contributed by atoms with E-state index in [1.807, 2.05) is 11.4 Å². The molecule has 0 radical (unpaired) electrons. The minimum Gasteiger partial charge on any atom is -0.368 e. The van der Waals surface area contributed by atoms with Crippen molar-refractivity contribution in [1.82, 2.24) is 9.97 Å². The highest BCUT2D eigenvalue weighted by molar-refractivity contribution is 7.16. The molecule has 114 valence electrons. The molecule has 7 heteroatoms. The smallest absolute Gasteiger partial charge is 0.284 e. The topological polar surface area (TPSA) is 81.0 Å². The summed E-state index contributed by atoms with van der Waals surface area (Å²) >= 11 is 1.56. The lowest BCUT2D eigenvalue weighted by Gasteiger charge is -2.03. The zero-order chi connectivity index (χ0) is 16.1. The van der Waals surface area contributed by atoms with E-state index < -0.39 is 4.92 Å². The van der Waals surface area contributed by atoms with Crippen molar-refractivity contribution < 1.29 is 4.92 Å². The SMILES string of the molecule is O=[N+]([O-])c1ccccc1C#CCCNc1ncnc2sccc12. The number of nitro benzene ring substituents is 1. The van der Waals surface area contributed by atoms with Crippen LogP contribution >= 0.6 is 11.3 Å². The Morgan fingerprint density at radius 1 is 1.26 bits per heavy atom. The number of nitro groups is 1. The summed E-state index contributed by atoms with van der Waals surface area (Å²) in [6, 6.07) is 8.45. The fourth-order valence-corrected chi connectivity index (χ4v) is 2.80. The number of nitrogens with zero attached hydrogens (tertiary/aromatic N) is 3. The van der Waals surface area contributed by atoms with Gasteiger partial charge in [0.25, 0.3) is 5.69 Å². The van der Waals surface area contributed by atoms with E-state index in [2.05, 4.69) is 27.1 Å². The van der Waals surface area contributed by atoms with Crippen molar-refractivity contribution in [2.24, 2.45) is 0 Å². The average Bonchev–Trinajstić information content (AvgIpc) is 3.04. The summed E-state index contributed by atoms with van der Waals surface area (Å²) in [6.07, 6.45) is 2.09. The van der Waals surface area contributed by atoms with Crippen molar-refractivity contribution in [3.05, 3.63) is 57.7 Å². The first-order chi connectivity index (χ1) is 11.3. The van der Waals surface area contributed by atoms with Gasteiger partial charge in [-0.05, 0) is 17.5 Å². The van der Waals surface area contributed by atoms with E-state index in [0.29, 0.717) is 18.5 Å². The van der Waals surface area contributed by atoms with Gasteiger partial charge in [0.2, 0.25) is 0 Å². The Labute approximate surface area is 136 Å². The first kappa shape index (κ1) is 14.9. The fraction of sp³-hybridized carbons (Fsp3) is 0.125. The zero-order valence-corrected chi connectivity index (χ0v) is 12.8. The number of anilines is 1. The monoisotopic (exact) mass is 324 g/mol. The third-order valence-electron chi connectivity index (χ3n) is 3.13. The molecule has 23 heavy (non-hydrogen) atoms. The standard InChI is InChI=1S/C16H12N4O2S/c21-20(22)14-7-2-1-5-12(14)6-3-4-9-17-15-13-8-10-23-16(13)19-11-18-15/h1-2,5,7-8,10-11H,4,9H2,(H,17,18,19). The number of hydrogen-bond acceptors (Lipinski definition) is 6. The highest BCUT2D eigenvalue weighted by atomic mass is 32.1. The number of rotatable bonds is 4. The van der Waals surface area contributed by atoms with Gasteiger partial charge in [-0.1, -0.05) is 24.0 Å². The predicted octanol–water partition coefficient (Wildman–Crippen LogP) is 3.45. The number of nitrogens with one attached hydrogen (secondary N) is 1. The molecular weight excluding hydrogens is 312 g/mol. The molecule has 2 aromatic heterocycles. The van der Waals surface area contributed by atoms with Crippen molar-refractivity contribution in [2.75, 3.05) is 11.9 Å². The van der Waals surface area contributed by atoms with Gasteiger partial charge in [-0.15, -0.1) is 11.3 Å².